The van der Waals surface area contributed by atoms with Crippen LogP contribution < -0.4 is 0 Å². The number of hydrogen-bond donors (Lipinski definition) is 0. The Morgan fingerprint density at radius 3 is 2.79 bits per heavy atom. The fraction of sp³-hybridized carbons (Fsp3) is 0.444. The fourth-order valence-corrected chi connectivity index (χ4v) is 1.02. The first-order valence-corrected chi connectivity index (χ1v) is 4.14. The van der Waals surface area contributed by atoms with E-state index in [1.54, 1.807) is 6.08 Å². The van der Waals surface area contributed by atoms with E-state index in [4.69, 9.17) is 0 Å². The van der Waals surface area contributed by atoms with Crippen LogP contribution in [-0.4, -0.2) is 16.0 Å². The number of allylic oxidation sites excluding steroid dienone is 1. The van der Waals surface area contributed by atoms with Gasteiger partial charge in [0.05, 0.1) is 6.20 Å². The molecule has 0 aliphatic heterocycles. The highest BCUT2D eigenvalue weighted by Gasteiger charge is 2.28. The van der Waals surface area contributed by atoms with Crippen LogP contribution >= 0.6 is 0 Å². The molecule has 0 bridgehead atoms. The lowest BCUT2D eigenvalue weighted by Gasteiger charge is -2.05. The van der Waals surface area contributed by atoms with Gasteiger partial charge in [-0.2, -0.15) is 18.3 Å². The standard InChI is InChI=1S/C9H11F3N2/c1-3-7(2)8-4-13-14(5-8)6-9(10,11)12/h3-5,7H,1,6H2,2H3. The maximum atomic E-state index is 12.0. The van der Waals surface area contributed by atoms with E-state index < -0.39 is 12.7 Å². The summed E-state index contributed by atoms with van der Waals surface area (Å²) in [5.74, 6) is 0.0250. The van der Waals surface area contributed by atoms with Gasteiger partial charge < -0.3 is 0 Å². The molecule has 1 heterocycles. The summed E-state index contributed by atoms with van der Waals surface area (Å²) in [6.45, 7) is 4.37. The molecule has 14 heavy (non-hydrogen) atoms. The average Bonchev–Trinajstić information content (AvgIpc) is 2.48. The molecule has 1 aromatic rings. The molecular weight excluding hydrogens is 193 g/mol. The molecule has 2 nitrogen and oxygen atoms in total. The van der Waals surface area contributed by atoms with Crippen LogP contribution in [0.25, 0.3) is 0 Å². The fourth-order valence-electron chi connectivity index (χ4n) is 1.02. The maximum absolute atomic E-state index is 12.0. The van der Waals surface area contributed by atoms with Crippen molar-refractivity contribution >= 4 is 0 Å². The topological polar surface area (TPSA) is 17.8 Å². The van der Waals surface area contributed by atoms with E-state index in [0.717, 1.165) is 10.2 Å². The normalized spacial score (nSPS) is 14.0. The zero-order chi connectivity index (χ0) is 10.8. The van der Waals surface area contributed by atoms with Gasteiger partial charge in [0.2, 0.25) is 0 Å². The molecule has 78 valence electrons. The summed E-state index contributed by atoms with van der Waals surface area (Å²) >= 11 is 0. The first-order valence-electron chi connectivity index (χ1n) is 4.14. The van der Waals surface area contributed by atoms with Gasteiger partial charge in [-0.05, 0) is 5.56 Å². The molecule has 1 aromatic heterocycles. The third-order valence-electron chi connectivity index (χ3n) is 1.87. The first-order chi connectivity index (χ1) is 6.42. The highest BCUT2D eigenvalue weighted by atomic mass is 19.4. The molecule has 0 saturated carbocycles. The van der Waals surface area contributed by atoms with Gasteiger partial charge in [-0.25, -0.2) is 0 Å². The molecule has 0 aliphatic carbocycles. The second-order valence-electron chi connectivity index (χ2n) is 3.11. The molecule has 0 fully saturated rings. The van der Waals surface area contributed by atoms with Crippen molar-refractivity contribution in [2.45, 2.75) is 25.6 Å². The van der Waals surface area contributed by atoms with Gasteiger partial charge in [0.15, 0.2) is 0 Å². The van der Waals surface area contributed by atoms with E-state index in [-0.39, 0.29) is 5.92 Å². The van der Waals surface area contributed by atoms with Gasteiger partial charge >= 0.3 is 6.18 Å². The summed E-state index contributed by atoms with van der Waals surface area (Å²) in [6.07, 6.45) is 0.258. The molecule has 5 heteroatoms. The van der Waals surface area contributed by atoms with E-state index in [1.165, 1.54) is 12.4 Å². The number of rotatable bonds is 3. The van der Waals surface area contributed by atoms with E-state index in [0.29, 0.717) is 0 Å². The van der Waals surface area contributed by atoms with Crippen molar-refractivity contribution in [1.29, 1.82) is 0 Å². The lowest BCUT2D eigenvalue weighted by Crippen LogP contribution is -2.17. The van der Waals surface area contributed by atoms with Gasteiger partial charge in [0.25, 0.3) is 0 Å². The molecule has 1 rings (SSSR count). The molecule has 0 saturated heterocycles. The number of aromatic nitrogens is 2. The quantitative estimate of drug-likeness (QED) is 0.692. The maximum Gasteiger partial charge on any atom is 0.408 e. The van der Waals surface area contributed by atoms with Crippen LogP contribution in [-0.2, 0) is 6.54 Å². The Morgan fingerprint density at radius 2 is 2.29 bits per heavy atom. The van der Waals surface area contributed by atoms with E-state index >= 15 is 0 Å². The third-order valence-corrected chi connectivity index (χ3v) is 1.87. The number of nitrogens with zero attached hydrogens (tertiary/aromatic N) is 2. The summed E-state index contributed by atoms with van der Waals surface area (Å²) in [4.78, 5) is 0. The minimum Gasteiger partial charge on any atom is -0.263 e. The summed E-state index contributed by atoms with van der Waals surface area (Å²) < 4.78 is 36.7. The van der Waals surface area contributed by atoms with E-state index in [2.05, 4.69) is 11.7 Å². The van der Waals surface area contributed by atoms with Crippen LogP contribution in [0.3, 0.4) is 0 Å². The molecule has 0 N–H and O–H groups in total. The Morgan fingerprint density at radius 1 is 1.64 bits per heavy atom. The van der Waals surface area contributed by atoms with Gasteiger partial charge in [-0.3, -0.25) is 4.68 Å². The highest BCUT2D eigenvalue weighted by Crippen LogP contribution is 2.19. The van der Waals surface area contributed by atoms with E-state index in [1.807, 2.05) is 6.92 Å². The predicted octanol–water partition coefficient (Wildman–Crippen LogP) is 2.73. The lowest BCUT2D eigenvalue weighted by atomic mass is 10.1. The van der Waals surface area contributed by atoms with Crippen molar-refractivity contribution < 1.29 is 13.2 Å². The van der Waals surface area contributed by atoms with Crippen LogP contribution in [0, 0.1) is 0 Å². The van der Waals surface area contributed by atoms with Crippen molar-refractivity contribution in [3.8, 4) is 0 Å². The minimum atomic E-state index is -4.22. The first kappa shape index (κ1) is 10.8. The Labute approximate surface area is 80.0 Å². The summed E-state index contributed by atoms with van der Waals surface area (Å²) in [6, 6.07) is 0. The molecule has 0 spiro atoms. The van der Waals surface area contributed by atoms with Crippen molar-refractivity contribution in [3.05, 3.63) is 30.6 Å². The van der Waals surface area contributed by atoms with Crippen LogP contribution in [0.2, 0.25) is 0 Å². The van der Waals surface area contributed by atoms with Gasteiger partial charge in [-0.15, -0.1) is 6.58 Å². The SMILES string of the molecule is C=CC(C)c1cnn(CC(F)(F)F)c1. The smallest absolute Gasteiger partial charge is 0.263 e. The van der Waals surface area contributed by atoms with Gasteiger partial charge in [0, 0.05) is 12.1 Å². The average molecular weight is 204 g/mol. The molecule has 0 radical (unpaired) electrons. The van der Waals surface area contributed by atoms with Crippen molar-refractivity contribution in [3.63, 3.8) is 0 Å². The largest absolute Gasteiger partial charge is 0.408 e. The predicted molar refractivity (Wildman–Crippen MR) is 46.9 cm³/mol. The zero-order valence-corrected chi connectivity index (χ0v) is 7.75. The van der Waals surface area contributed by atoms with Gasteiger partial charge in [0.1, 0.15) is 6.54 Å². The molecule has 0 amide bonds. The van der Waals surface area contributed by atoms with Crippen molar-refractivity contribution in [2.24, 2.45) is 0 Å². The highest BCUT2D eigenvalue weighted by molar-refractivity contribution is 5.15. The Hall–Kier alpha value is -1.26. The molecule has 1 unspecified atom stereocenters. The van der Waals surface area contributed by atoms with Crippen LogP contribution in [0.5, 0.6) is 0 Å². The second kappa shape index (κ2) is 3.86. The second-order valence-corrected chi connectivity index (χ2v) is 3.11. The molecule has 0 aromatic carbocycles. The van der Waals surface area contributed by atoms with Crippen LogP contribution in [0.15, 0.2) is 25.0 Å². The monoisotopic (exact) mass is 204 g/mol. The molecular formula is C9H11F3N2. The van der Waals surface area contributed by atoms with E-state index in [9.17, 15) is 13.2 Å². The van der Waals surface area contributed by atoms with Crippen molar-refractivity contribution in [2.75, 3.05) is 0 Å². The Kier molecular flexibility index (Phi) is 2.98. The summed E-state index contributed by atoms with van der Waals surface area (Å²) in [5, 5.41) is 3.62. The number of hydrogen-bond acceptors (Lipinski definition) is 1. The van der Waals surface area contributed by atoms with Crippen LogP contribution in [0.1, 0.15) is 18.4 Å². The summed E-state index contributed by atoms with van der Waals surface area (Å²) in [5.41, 5.74) is 0.740. The molecule has 0 aliphatic rings. The third kappa shape index (κ3) is 2.90. The lowest BCUT2D eigenvalue weighted by molar-refractivity contribution is -0.142. The Bertz CT molecular complexity index is 314. The minimum absolute atomic E-state index is 0.0250. The van der Waals surface area contributed by atoms with Gasteiger partial charge in [-0.1, -0.05) is 13.0 Å². The Balaban J connectivity index is 2.73. The summed E-state index contributed by atoms with van der Waals surface area (Å²) in [7, 11) is 0. The number of alkyl halides is 3. The zero-order valence-electron chi connectivity index (χ0n) is 7.75. The van der Waals surface area contributed by atoms with Crippen molar-refractivity contribution in [1.82, 2.24) is 9.78 Å². The number of halogens is 3. The van der Waals surface area contributed by atoms with Crippen LogP contribution in [0.4, 0.5) is 13.2 Å². The molecule has 1 atom stereocenters.